The Bertz CT molecular complexity index is 442. The van der Waals surface area contributed by atoms with Gasteiger partial charge in [0.2, 0.25) is 0 Å². The lowest BCUT2D eigenvalue weighted by Gasteiger charge is -2.28. The molecule has 0 aliphatic carbocycles. The fourth-order valence-electron chi connectivity index (χ4n) is 2.82. The second kappa shape index (κ2) is 7.76. The smallest absolute Gasteiger partial charge is 0.128 e. The SMILES string of the molecule is CNCc1cc(C(C)C)nc(N(C)CC2CCCOC2)c1. The topological polar surface area (TPSA) is 37.4 Å². The summed E-state index contributed by atoms with van der Waals surface area (Å²) >= 11 is 0. The first-order valence-corrected chi connectivity index (χ1v) is 8.04. The van der Waals surface area contributed by atoms with Crippen molar-refractivity contribution in [1.29, 1.82) is 0 Å². The lowest BCUT2D eigenvalue weighted by Crippen LogP contribution is -2.31. The lowest BCUT2D eigenvalue weighted by atomic mass is 10.0. The molecule has 0 aromatic carbocycles. The van der Waals surface area contributed by atoms with Gasteiger partial charge in [-0.05, 0) is 49.4 Å². The summed E-state index contributed by atoms with van der Waals surface area (Å²) in [6.45, 7) is 8.11. The van der Waals surface area contributed by atoms with Gasteiger partial charge in [-0.15, -0.1) is 0 Å². The molecule has 0 radical (unpaired) electrons. The molecule has 1 aliphatic heterocycles. The highest BCUT2D eigenvalue weighted by Crippen LogP contribution is 2.22. The third-order valence-electron chi connectivity index (χ3n) is 4.04. The zero-order valence-corrected chi connectivity index (χ0v) is 13.9. The second-order valence-corrected chi connectivity index (χ2v) is 6.41. The van der Waals surface area contributed by atoms with Crippen LogP contribution >= 0.6 is 0 Å². The summed E-state index contributed by atoms with van der Waals surface area (Å²) in [5, 5.41) is 3.23. The molecule has 0 spiro atoms. The average Bonchev–Trinajstić information content (AvgIpc) is 2.48. The van der Waals surface area contributed by atoms with Gasteiger partial charge in [0.15, 0.2) is 0 Å². The number of ether oxygens (including phenoxy) is 1. The molecule has 1 aliphatic rings. The number of nitrogens with zero attached hydrogens (tertiary/aromatic N) is 2. The molecule has 1 unspecified atom stereocenters. The van der Waals surface area contributed by atoms with E-state index in [1.165, 1.54) is 24.1 Å². The quantitative estimate of drug-likeness (QED) is 0.874. The van der Waals surface area contributed by atoms with E-state index in [1.54, 1.807) is 0 Å². The van der Waals surface area contributed by atoms with Gasteiger partial charge in [-0.2, -0.15) is 0 Å². The molecule has 0 bridgehead atoms. The molecule has 1 aromatic heterocycles. The average molecular weight is 291 g/mol. The molecule has 1 N–H and O–H groups in total. The zero-order valence-electron chi connectivity index (χ0n) is 13.9. The fourth-order valence-corrected chi connectivity index (χ4v) is 2.82. The number of hydrogen-bond acceptors (Lipinski definition) is 4. The van der Waals surface area contributed by atoms with E-state index in [9.17, 15) is 0 Å². The Kier molecular flexibility index (Phi) is 6.00. The maximum Gasteiger partial charge on any atom is 0.128 e. The molecule has 21 heavy (non-hydrogen) atoms. The molecule has 118 valence electrons. The molecule has 4 heteroatoms. The number of rotatable bonds is 6. The van der Waals surface area contributed by atoms with E-state index in [-0.39, 0.29) is 0 Å². The molecule has 2 heterocycles. The summed E-state index contributed by atoms with van der Waals surface area (Å²) in [6, 6.07) is 4.41. The van der Waals surface area contributed by atoms with Crippen molar-refractivity contribution in [3.8, 4) is 0 Å². The summed E-state index contributed by atoms with van der Waals surface area (Å²) in [5.41, 5.74) is 2.47. The van der Waals surface area contributed by atoms with Crippen LogP contribution in [-0.2, 0) is 11.3 Å². The predicted octanol–water partition coefficient (Wildman–Crippen LogP) is 2.79. The normalized spacial score (nSPS) is 19.0. The van der Waals surface area contributed by atoms with Crippen LogP contribution in [0.4, 0.5) is 5.82 Å². The largest absolute Gasteiger partial charge is 0.381 e. The van der Waals surface area contributed by atoms with Crippen LogP contribution in [-0.4, -0.2) is 38.8 Å². The third kappa shape index (κ3) is 4.68. The molecular formula is C17H29N3O. The summed E-state index contributed by atoms with van der Waals surface area (Å²) < 4.78 is 5.59. The Morgan fingerprint density at radius 2 is 2.24 bits per heavy atom. The van der Waals surface area contributed by atoms with Crippen molar-refractivity contribution in [2.75, 3.05) is 38.8 Å². The van der Waals surface area contributed by atoms with E-state index in [2.05, 4.69) is 43.2 Å². The van der Waals surface area contributed by atoms with E-state index >= 15 is 0 Å². The predicted molar refractivity (Wildman–Crippen MR) is 87.9 cm³/mol. The minimum absolute atomic E-state index is 0.451. The molecule has 1 aromatic rings. The maximum atomic E-state index is 5.59. The summed E-state index contributed by atoms with van der Waals surface area (Å²) in [6.07, 6.45) is 2.44. The minimum atomic E-state index is 0.451. The summed E-state index contributed by atoms with van der Waals surface area (Å²) in [4.78, 5) is 7.12. The van der Waals surface area contributed by atoms with Crippen LogP contribution in [0.3, 0.4) is 0 Å². The van der Waals surface area contributed by atoms with Crippen molar-refractivity contribution in [2.45, 2.75) is 39.2 Å². The molecule has 1 saturated heterocycles. The van der Waals surface area contributed by atoms with E-state index < -0.39 is 0 Å². The Labute approximate surface area is 128 Å². The molecule has 4 nitrogen and oxygen atoms in total. The van der Waals surface area contributed by atoms with Crippen molar-refractivity contribution in [1.82, 2.24) is 10.3 Å². The van der Waals surface area contributed by atoms with Crippen LogP contribution in [0.15, 0.2) is 12.1 Å². The Morgan fingerprint density at radius 1 is 1.43 bits per heavy atom. The number of nitrogens with one attached hydrogen (secondary N) is 1. The van der Waals surface area contributed by atoms with Gasteiger partial charge in [-0.3, -0.25) is 0 Å². The van der Waals surface area contributed by atoms with Gasteiger partial charge in [-0.25, -0.2) is 4.98 Å². The first kappa shape index (κ1) is 16.2. The fraction of sp³-hybridized carbons (Fsp3) is 0.706. The van der Waals surface area contributed by atoms with Gasteiger partial charge in [0.1, 0.15) is 5.82 Å². The van der Waals surface area contributed by atoms with Crippen LogP contribution in [0.1, 0.15) is 43.9 Å². The van der Waals surface area contributed by atoms with E-state index in [0.29, 0.717) is 11.8 Å². The number of anilines is 1. The standard InChI is InChI=1S/C17H29N3O/c1-13(2)16-8-15(10-18-3)9-17(19-16)20(4)11-14-6-5-7-21-12-14/h8-9,13-14,18H,5-7,10-12H2,1-4H3. The molecule has 2 rings (SSSR count). The first-order chi connectivity index (χ1) is 10.1. The highest BCUT2D eigenvalue weighted by molar-refractivity contribution is 5.42. The summed E-state index contributed by atoms with van der Waals surface area (Å²) in [7, 11) is 4.13. The maximum absolute atomic E-state index is 5.59. The van der Waals surface area contributed by atoms with Crippen LogP contribution in [0.25, 0.3) is 0 Å². The van der Waals surface area contributed by atoms with Gasteiger partial charge >= 0.3 is 0 Å². The minimum Gasteiger partial charge on any atom is -0.381 e. The highest BCUT2D eigenvalue weighted by Gasteiger charge is 2.17. The van der Waals surface area contributed by atoms with Crippen LogP contribution < -0.4 is 10.2 Å². The Morgan fingerprint density at radius 3 is 2.86 bits per heavy atom. The Hall–Kier alpha value is -1.13. The van der Waals surface area contributed by atoms with Crippen molar-refractivity contribution >= 4 is 5.82 Å². The number of aromatic nitrogens is 1. The Balaban J connectivity index is 2.12. The van der Waals surface area contributed by atoms with Crippen LogP contribution in [0.2, 0.25) is 0 Å². The van der Waals surface area contributed by atoms with Crippen molar-refractivity contribution < 1.29 is 4.74 Å². The zero-order chi connectivity index (χ0) is 15.2. The molecular weight excluding hydrogens is 262 g/mol. The van der Waals surface area contributed by atoms with Gasteiger partial charge in [0.25, 0.3) is 0 Å². The van der Waals surface area contributed by atoms with Crippen molar-refractivity contribution in [3.05, 3.63) is 23.4 Å². The van der Waals surface area contributed by atoms with Gasteiger partial charge in [0, 0.05) is 32.4 Å². The third-order valence-corrected chi connectivity index (χ3v) is 4.04. The number of hydrogen-bond donors (Lipinski definition) is 1. The lowest BCUT2D eigenvalue weighted by molar-refractivity contribution is 0.0576. The molecule has 0 amide bonds. The van der Waals surface area contributed by atoms with E-state index in [4.69, 9.17) is 9.72 Å². The molecule has 0 saturated carbocycles. The van der Waals surface area contributed by atoms with Crippen molar-refractivity contribution in [2.24, 2.45) is 5.92 Å². The summed E-state index contributed by atoms with van der Waals surface area (Å²) in [5.74, 6) is 2.16. The van der Waals surface area contributed by atoms with E-state index in [0.717, 1.165) is 32.1 Å². The van der Waals surface area contributed by atoms with Gasteiger partial charge < -0.3 is 15.0 Å². The molecule has 1 atom stereocenters. The van der Waals surface area contributed by atoms with E-state index in [1.807, 2.05) is 7.05 Å². The van der Waals surface area contributed by atoms with Gasteiger partial charge in [0.05, 0.1) is 6.61 Å². The van der Waals surface area contributed by atoms with Gasteiger partial charge in [-0.1, -0.05) is 13.8 Å². The van der Waals surface area contributed by atoms with Crippen LogP contribution in [0, 0.1) is 5.92 Å². The highest BCUT2D eigenvalue weighted by atomic mass is 16.5. The monoisotopic (exact) mass is 291 g/mol. The number of pyridine rings is 1. The van der Waals surface area contributed by atoms with Crippen LogP contribution in [0.5, 0.6) is 0 Å². The van der Waals surface area contributed by atoms with Crippen molar-refractivity contribution in [3.63, 3.8) is 0 Å². The second-order valence-electron chi connectivity index (χ2n) is 6.41. The first-order valence-electron chi connectivity index (χ1n) is 8.04. The molecule has 1 fully saturated rings.